The third-order valence-electron chi connectivity index (χ3n) is 4.14. The molecule has 0 spiro atoms. The lowest BCUT2D eigenvalue weighted by Crippen LogP contribution is -2.48. The van der Waals surface area contributed by atoms with Crippen molar-refractivity contribution in [2.24, 2.45) is 4.99 Å². The number of hydrogen-bond donors (Lipinski definition) is 1. The summed E-state index contributed by atoms with van der Waals surface area (Å²) >= 11 is 2.08. The molecule has 23 heavy (non-hydrogen) atoms. The molecule has 1 aliphatic rings. The second-order valence-electron chi connectivity index (χ2n) is 6.04. The largest absolute Gasteiger partial charge is 0.468 e. The van der Waals surface area contributed by atoms with Gasteiger partial charge < -0.3 is 14.6 Å². The zero-order chi connectivity index (χ0) is 16.7. The minimum Gasteiger partial charge on any atom is -0.468 e. The lowest BCUT2D eigenvalue weighted by molar-refractivity contribution is 0.264. The summed E-state index contributed by atoms with van der Waals surface area (Å²) in [4.78, 5) is 9.47. The molecule has 5 nitrogen and oxygen atoms in total. The predicted octanol–water partition coefficient (Wildman–Crippen LogP) is 2.68. The van der Waals surface area contributed by atoms with Crippen molar-refractivity contribution in [1.29, 1.82) is 0 Å². The molecule has 2 heterocycles. The first-order valence-electron chi connectivity index (χ1n) is 8.50. The van der Waals surface area contributed by atoms with Crippen LogP contribution in [0.15, 0.2) is 27.8 Å². The standard InChI is InChI=1S/C17H30N4OS/c1-5-14-13-21(9-11-23-14)17(18-6-2)19-12-15(20(3)4)16-8-7-10-22-16/h7-8,10,14-15H,5-6,9,11-13H2,1-4H3,(H,18,19). The molecular formula is C17H30N4OS. The normalized spacial score (nSPS) is 20.8. The van der Waals surface area contributed by atoms with E-state index in [0.29, 0.717) is 11.8 Å². The number of guanidine groups is 1. The molecule has 6 heteroatoms. The Kier molecular flexibility index (Phi) is 7.30. The van der Waals surface area contributed by atoms with E-state index < -0.39 is 0 Å². The maximum Gasteiger partial charge on any atom is 0.194 e. The fourth-order valence-corrected chi connectivity index (χ4v) is 3.93. The van der Waals surface area contributed by atoms with Gasteiger partial charge in [-0.25, -0.2) is 0 Å². The van der Waals surface area contributed by atoms with Gasteiger partial charge in [0.25, 0.3) is 0 Å². The average Bonchev–Trinajstić information content (AvgIpc) is 3.08. The lowest BCUT2D eigenvalue weighted by atomic mass is 10.2. The molecule has 2 atom stereocenters. The molecule has 0 bridgehead atoms. The van der Waals surface area contributed by atoms with Crippen LogP contribution >= 0.6 is 11.8 Å². The van der Waals surface area contributed by atoms with Crippen LogP contribution in [0.4, 0.5) is 0 Å². The summed E-state index contributed by atoms with van der Waals surface area (Å²) in [6, 6.07) is 4.13. The Morgan fingerprint density at radius 1 is 1.52 bits per heavy atom. The van der Waals surface area contributed by atoms with Crippen LogP contribution in [0.5, 0.6) is 0 Å². The van der Waals surface area contributed by atoms with Crippen LogP contribution in [0.3, 0.4) is 0 Å². The first-order chi connectivity index (χ1) is 11.2. The fourth-order valence-electron chi connectivity index (χ4n) is 2.75. The Hall–Kier alpha value is -1.14. The zero-order valence-electron chi connectivity index (χ0n) is 14.8. The van der Waals surface area contributed by atoms with Crippen molar-refractivity contribution in [3.63, 3.8) is 0 Å². The molecule has 1 N–H and O–H groups in total. The van der Waals surface area contributed by atoms with Crippen LogP contribution in [0.25, 0.3) is 0 Å². The van der Waals surface area contributed by atoms with E-state index in [1.807, 2.05) is 12.1 Å². The van der Waals surface area contributed by atoms with E-state index >= 15 is 0 Å². The van der Waals surface area contributed by atoms with Crippen LogP contribution < -0.4 is 5.32 Å². The molecule has 1 aromatic rings. The van der Waals surface area contributed by atoms with Gasteiger partial charge in [0.15, 0.2) is 5.96 Å². The van der Waals surface area contributed by atoms with Gasteiger partial charge in [-0.15, -0.1) is 0 Å². The van der Waals surface area contributed by atoms with E-state index in [2.05, 4.69) is 54.8 Å². The van der Waals surface area contributed by atoms with Gasteiger partial charge in [-0.3, -0.25) is 9.89 Å². The summed E-state index contributed by atoms with van der Waals surface area (Å²) in [6.07, 6.45) is 2.95. The highest BCUT2D eigenvalue weighted by Crippen LogP contribution is 2.22. The SMILES string of the molecule is CCNC(=NCC(c1ccco1)N(C)C)N1CCSC(CC)C1. The first kappa shape index (κ1) is 18.2. The van der Waals surface area contributed by atoms with E-state index in [0.717, 1.165) is 31.4 Å². The van der Waals surface area contributed by atoms with Gasteiger partial charge >= 0.3 is 0 Å². The van der Waals surface area contributed by atoms with Gasteiger partial charge in [0.05, 0.1) is 18.8 Å². The summed E-state index contributed by atoms with van der Waals surface area (Å²) in [5.41, 5.74) is 0. The van der Waals surface area contributed by atoms with E-state index in [1.54, 1.807) is 6.26 Å². The molecular weight excluding hydrogens is 308 g/mol. The van der Waals surface area contributed by atoms with Gasteiger partial charge in [0, 0.05) is 30.6 Å². The number of likely N-dealkylation sites (N-methyl/N-ethyl adjacent to an activating group) is 1. The monoisotopic (exact) mass is 338 g/mol. The smallest absolute Gasteiger partial charge is 0.194 e. The predicted molar refractivity (Wildman–Crippen MR) is 99.2 cm³/mol. The summed E-state index contributed by atoms with van der Waals surface area (Å²) in [7, 11) is 4.14. The molecule has 1 aliphatic heterocycles. The summed E-state index contributed by atoms with van der Waals surface area (Å²) < 4.78 is 5.58. The maximum absolute atomic E-state index is 5.58. The molecule has 1 aromatic heterocycles. The molecule has 0 amide bonds. The van der Waals surface area contributed by atoms with E-state index in [4.69, 9.17) is 9.41 Å². The van der Waals surface area contributed by atoms with Crippen molar-refractivity contribution in [3.8, 4) is 0 Å². The van der Waals surface area contributed by atoms with Crippen LogP contribution in [0.1, 0.15) is 32.1 Å². The van der Waals surface area contributed by atoms with Crippen molar-refractivity contribution in [1.82, 2.24) is 15.1 Å². The Balaban J connectivity index is 2.07. The molecule has 2 unspecified atom stereocenters. The van der Waals surface area contributed by atoms with Crippen LogP contribution in [0.2, 0.25) is 0 Å². The highest BCUT2D eigenvalue weighted by Gasteiger charge is 2.22. The van der Waals surface area contributed by atoms with Gasteiger partial charge in [0.2, 0.25) is 0 Å². The van der Waals surface area contributed by atoms with Gasteiger partial charge in [-0.2, -0.15) is 11.8 Å². The summed E-state index contributed by atoms with van der Waals surface area (Å²) in [5.74, 6) is 3.18. The number of rotatable bonds is 6. The maximum atomic E-state index is 5.58. The van der Waals surface area contributed by atoms with Crippen LogP contribution in [-0.4, -0.2) is 67.0 Å². The van der Waals surface area contributed by atoms with E-state index in [1.165, 1.54) is 12.2 Å². The summed E-state index contributed by atoms with van der Waals surface area (Å²) in [5, 5.41) is 4.16. The van der Waals surface area contributed by atoms with Gasteiger partial charge in [0.1, 0.15) is 5.76 Å². The molecule has 1 fully saturated rings. The first-order valence-corrected chi connectivity index (χ1v) is 9.55. The third-order valence-corrected chi connectivity index (χ3v) is 5.51. The van der Waals surface area contributed by atoms with E-state index in [-0.39, 0.29) is 6.04 Å². The molecule has 130 valence electrons. The minimum absolute atomic E-state index is 0.166. The van der Waals surface area contributed by atoms with Crippen molar-refractivity contribution >= 4 is 17.7 Å². The van der Waals surface area contributed by atoms with E-state index in [9.17, 15) is 0 Å². The second-order valence-corrected chi connectivity index (χ2v) is 7.44. The zero-order valence-corrected chi connectivity index (χ0v) is 15.6. The number of aliphatic imine (C=N–C) groups is 1. The topological polar surface area (TPSA) is 44.0 Å². The van der Waals surface area contributed by atoms with Crippen LogP contribution in [0, 0.1) is 0 Å². The molecule has 0 saturated carbocycles. The number of furan rings is 1. The average molecular weight is 339 g/mol. The minimum atomic E-state index is 0.166. The van der Waals surface area contributed by atoms with Gasteiger partial charge in [-0.1, -0.05) is 6.92 Å². The highest BCUT2D eigenvalue weighted by molar-refractivity contribution is 8.00. The highest BCUT2D eigenvalue weighted by atomic mass is 32.2. The molecule has 0 aromatic carbocycles. The van der Waals surface area contributed by atoms with Crippen molar-refractivity contribution in [2.75, 3.05) is 46.0 Å². The Morgan fingerprint density at radius 3 is 2.96 bits per heavy atom. The fraction of sp³-hybridized carbons (Fsp3) is 0.706. The number of thioether (sulfide) groups is 1. The number of hydrogen-bond acceptors (Lipinski definition) is 4. The molecule has 1 saturated heterocycles. The number of nitrogens with one attached hydrogen (secondary N) is 1. The van der Waals surface area contributed by atoms with Crippen LogP contribution in [-0.2, 0) is 0 Å². The Morgan fingerprint density at radius 2 is 2.35 bits per heavy atom. The molecule has 2 rings (SSSR count). The third kappa shape index (κ3) is 5.18. The van der Waals surface area contributed by atoms with Gasteiger partial charge in [-0.05, 0) is 39.6 Å². The van der Waals surface area contributed by atoms with Crippen molar-refractivity contribution < 1.29 is 4.42 Å². The Labute approximate surface area is 144 Å². The second kappa shape index (κ2) is 9.23. The quantitative estimate of drug-likeness (QED) is 0.638. The lowest BCUT2D eigenvalue weighted by Gasteiger charge is -2.34. The van der Waals surface area contributed by atoms with Crippen molar-refractivity contribution in [2.45, 2.75) is 31.6 Å². The Bertz CT molecular complexity index is 475. The molecule has 0 aliphatic carbocycles. The summed E-state index contributed by atoms with van der Waals surface area (Å²) in [6.45, 7) is 8.14. The molecule has 0 radical (unpaired) electrons. The number of nitrogens with zero attached hydrogens (tertiary/aromatic N) is 3. The van der Waals surface area contributed by atoms with Crippen molar-refractivity contribution in [3.05, 3.63) is 24.2 Å².